The van der Waals surface area contributed by atoms with Gasteiger partial charge in [-0.1, -0.05) is 41.6 Å². The smallest absolute Gasteiger partial charge is 0.167 e. The van der Waals surface area contributed by atoms with E-state index in [2.05, 4.69) is 11.7 Å². The van der Waals surface area contributed by atoms with Crippen molar-refractivity contribution in [1.82, 2.24) is 5.16 Å². The van der Waals surface area contributed by atoms with Gasteiger partial charge in [0.15, 0.2) is 5.76 Å². The number of nitrogens with zero attached hydrogens (tertiary/aromatic N) is 1. The van der Waals surface area contributed by atoms with E-state index in [9.17, 15) is 5.11 Å². The zero-order chi connectivity index (χ0) is 12.3. The molecular weight excluding hydrogens is 214 g/mol. The van der Waals surface area contributed by atoms with E-state index in [0.29, 0.717) is 17.9 Å². The fraction of sp³-hybridized carbons (Fsp3) is 0.214. The fourth-order valence-electron chi connectivity index (χ4n) is 1.57. The second-order valence-electron chi connectivity index (χ2n) is 4.29. The molecule has 0 saturated heterocycles. The Hall–Kier alpha value is -1.87. The lowest BCUT2D eigenvalue weighted by Gasteiger charge is -2.15. The number of hydrogen-bond donors (Lipinski definition) is 1. The van der Waals surface area contributed by atoms with Gasteiger partial charge in [0, 0.05) is 18.1 Å². The van der Waals surface area contributed by atoms with Crippen molar-refractivity contribution in [2.24, 2.45) is 0 Å². The van der Waals surface area contributed by atoms with Crippen molar-refractivity contribution in [3.63, 3.8) is 0 Å². The normalized spacial score (nSPS) is 14.2. The first-order valence-electron chi connectivity index (χ1n) is 5.48. The Morgan fingerprint density at radius 1 is 1.41 bits per heavy atom. The number of hydrogen-bond acceptors (Lipinski definition) is 3. The summed E-state index contributed by atoms with van der Waals surface area (Å²) in [6.45, 7) is 5.28. The van der Waals surface area contributed by atoms with Crippen LogP contribution in [0.15, 0.2) is 53.6 Å². The Balaban J connectivity index is 2.20. The first kappa shape index (κ1) is 11.6. The van der Waals surface area contributed by atoms with Gasteiger partial charge in [0.25, 0.3) is 0 Å². The van der Waals surface area contributed by atoms with Crippen molar-refractivity contribution in [3.05, 3.63) is 54.7 Å². The minimum absolute atomic E-state index is 0.396. The third kappa shape index (κ3) is 2.82. The van der Waals surface area contributed by atoms with Crippen molar-refractivity contribution < 1.29 is 9.63 Å². The molecule has 2 rings (SSSR count). The van der Waals surface area contributed by atoms with Gasteiger partial charge in [-0.25, -0.2) is 0 Å². The van der Waals surface area contributed by atoms with Crippen LogP contribution < -0.4 is 0 Å². The molecule has 2 aromatic rings. The van der Waals surface area contributed by atoms with Gasteiger partial charge in [-0.15, -0.1) is 6.58 Å². The van der Waals surface area contributed by atoms with Gasteiger partial charge in [-0.3, -0.25) is 0 Å². The number of aliphatic hydroxyl groups is 1. The summed E-state index contributed by atoms with van der Waals surface area (Å²) in [5.41, 5.74) is 0.739. The Morgan fingerprint density at radius 2 is 2.12 bits per heavy atom. The van der Waals surface area contributed by atoms with Crippen molar-refractivity contribution in [3.8, 4) is 11.3 Å². The van der Waals surface area contributed by atoms with Crippen molar-refractivity contribution in [2.45, 2.75) is 18.9 Å². The van der Waals surface area contributed by atoms with Crippen LogP contribution >= 0.6 is 0 Å². The van der Waals surface area contributed by atoms with E-state index in [1.165, 1.54) is 6.08 Å². The van der Waals surface area contributed by atoms with E-state index >= 15 is 0 Å². The summed E-state index contributed by atoms with van der Waals surface area (Å²) in [7, 11) is 0. The average molecular weight is 229 g/mol. The van der Waals surface area contributed by atoms with E-state index in [4.69, 9.17) is 4.52 Å². The van der Waals surface area contributed by atoms with Gasteiger partial charge in [0.05, 0.1) is 11.3 Å². The first-order chi connectivity index (χ1) is 8.11. The highest BCUT2D eigenvalue weighted by molar-refractivity contribution is 5.56. The van der Waals surface area contributed by atoms with Crippen LogP contribution in [0.1, 0.15) is 12.6 Å². The molecule has 0 aliphatic carbocycles. The fourth-order valence-corrected chi connectivity index (χ4v) is 1.57. The van der Waals surface area contributed by atoms with Gasteiger partial charge in [-0.05, 0) is 6.92 Å². The quantitative estimate of drug-likeness (QED) is 0.820. The lowest BCUT2D eigenvalue weighted by Crippen LogP contribution is -2.23. The van der Waals surface area contributed by atoms with E-state index in [1.54, 1.807) is 6.92 Å². The topological polar surface area (TPSA) is 46.3 Å². The maximum Gasteiger partial charge on any atom is 0.167 e. The molecule has 1 N–H and O–H groups in total. The molecule has 0 aliphatic heterocycles. The third-order valence-corrected chi connectivity index (χ3v) is 2.60. The summed E-state index contributed by atoms with van der Waals surface area (Å²) in [5.74, 6) is 0.709. The highest BCUT2D eigenvalue weighted by atomic mass is 16.5. The van der Waals surface area contributed by atoms with Crippen LogP contribution in [-0.4, -0.2) is 15.9 Å². The Labute approximate surface area is 100 Å². The minimum atomic E-state index is -0.954. The molecule has 1 aromatic carbocycles. The number of benzene rings is 1. The predicted molar refractivity (Wildman–Crippen MR) is 66.5 cm³/mol. The first-order valence-corrected chi connectivity index (χ1v) is 5.48. The molecule has 88 valence electrons. The standard InChI is InChI=1S/C14H15NO2/c1-3-14(2,16)10-12-9-13(17-15-12)11-7-5-4-6-8-11/h3-9,16H,1,10H2,2H3. The molecule has 0 amide bonds. The van der Waals surface area contributed by atoms with E-state index in [0.717, 1.165) is 5.56 Å². The van der Waals surface area contributed by atoms with Crippen LogP contribution in [0.3, 0.4) is 0 Å². The summed E-state index contributed by atoms with van der Waals surface area (Å²) in [5, 5.41) is 13.8. The molecule has 17 heavy (non-hydrogen) atoms. The summed E-state index contributed by atoms with van der Waals surface area (Å²) in [6.07, 6.45) is 1.90. The predicted octanol–water partition coefficient (Wildman–Crippen LogP) is 2.82. The molecule has 1 heterocycles. The van der Waals surface area contributed by atoms with Gasteiger partial charge in [0.1, 0.15) is 0 Å². The van der Waals surface area contributed by atoms with Gasteiger partial charge >= 0.3 is 0 Å². The summed E-state index contributed by atoms with van der Waals surface area (Å²) in [6, 6.07) is 11.6. The number of rotatable bonds is 4. The highest BCUT2D eigenvalue weighted by Gasteiger charge is 2.19. The maximum atomic E-state index is 9.86. The van der Waals surface area contributed by atoms with Crippen molar-refractivity contribution in [1.29, 1.82) is 0 Å². The molecule has 0 radical (unpaired) electrons. The van der Waals surface area contributed by atoms with Crippen LogP contribution in [0.5, 0.6) is 0 Å². The zero-order valence-corrected chi connectivity index (χ0v) is 9.76. The Bertz CT molecular complexity index is 500. The molecule has 1 unspecified atom stereocenters. The van der Waals surface area contributed by atoms with E-state index in [-0.39, 0.29) is 0 Å². The van der Waals surface area contributed by atoms with Gasteiger partial charge in [-0.2, -0.15) is 0 Å². The molecule has 0 aliphatic rings. The van der Waals surface area contributed by atoms with Gasteiger partial charge in [0.2, 0.25) is 0 Å². The molecule has 0 spiro atoms. The lowest BCUT2D eigenvalue weighted by atomic mass is 10.0. The van der Waals surface area contributed by atoms with Gasteiger partial charge < -0.3 is 9.63 Å². The molecule has 1 aromatic heterocycles. The van der Waals surface area contributed by atoms with E-state index in [1.807, 2.05) is 36.4 Å². The molecular formula is C14H15NO2. The summed E-state index contributed by atoms with van der Waals surface area (Å²) in [4.78, 5) is 0. The molecule has 1 atom stereocenters. The molecule has 3 heteroatoms. The van der Waals surface area contributed by atoms with Crippen LogP contribution in [0, 0.1) is 0 Å². The molecule has 0 fully saturated rings. The maximum absolute atomic E-state index is 9.86. The molecule has 3 nitrogen and oxygen atoms in total. The third-order valence-electron chi connectivity index (χ3n) is 2.60. The minimum Gasteiger partial charge on any atom is -0.386 e. The van der Waals surface area contributed by atoms with Crippen LogP contribution in [-0.2, 0) is 6.42 Å². The number of aromatic nitrogens is 1. The Kier molecular flexibility index (Phi) is 3.11. The second kappa shape index (κ2) is 4.55. The van der Waals surface area contributed by atoms with E-state index < -0.39 is 5.60 Å². The zero-order valence-electron chi connectivity index (χ0n) is 9.76. The molecule has 0 bridgehead atoms. The SMILES string of the molecule is C=CC(C)(O)Cc1cc(-c2ccccc2)on1. The second-order valence-corrected chi connectivity index (χ2v) is 4.29. The highest BCUT2D eigenvalue weighted by Crippen LogP contribution is 2.22. The largest absolute Gasteiger partial charge is 0.386 e. The lowest BCUT2D eigenvalue weighted by molar-refractivity contribution is 0.110. The summed E-state index contributed by atoms with van der Waals surface area (Å²) >= 11 is 0. The van der Waals surface area contributed by atoms with Crippen molar-refractivity contribution in [2.75, 3.05) is 0 Å². The van der Waals surface area contributed by atoms with Crippen LogP contribution in [0.2, 0.25) is 0 Å². The Morgan fingerprint density at radius 3 is 2.76 bits per heavy atom. The summed E-state index contributed by atoms with van der Waals surface area (Å²) < 4.78 is 5.25. The average Bonchev–Trinajstić information content (AvgIpc) is 2.78. The monoisotopic (exact) mass is 229 g/mol. The van der Waals surface area contributed by atoms with Crippen LogP contribution in [0.4, 0.5) is 0 Å². The van der Waals surface area contributed by atoms with Crippen LogP contribution in [0.25, 0.3) is 11.3 Å². The molecule has 0 saturated carbocycles. The van der Waals surface area contributed by atoms with Crippen molar-refractivity contribution >= 4 is 0 Å².